The molecule has 118 valence electrons. The van der Waals surface area contributed by atoms with Crippen LogP contribution in [0.2, 0.25) is 0 Å². The van der Waals surface area contributed by atoms with Crippen molar-refractivity contribution in [3.8, 4) is 0 Å². The Morgan fingerprint density at radius 1 is 1.19 bits per heavy atom. The van der Waals surface area contributed by atoms with E-state index in [-0.39, 0.29) is 17.7 Å². The summed E-state index contributed by atoms with van der Waals surface area (Å²) in [5.41, 5.74) is -0.390. The SMILES string of the molecule is CC(C)(C)C(=O)CCN1CCn2c(nnc2C(F)(F)F)C1. The molecule has 0 bridgehead atoms. The molecule has 0 N–H and O–H groups in total. The number of hydrogen-bond donors (Lipinski definition) is 0. The van der Waals surface area contributed by atoms with E-state index >= 15 is 0 Å². The number of aromatic nitrogens is 3. The van der Waals surface area contributed by atoms with Crippen LogP contribution in [-0.2, 0) is 24.1 Å². The maximum atomic E-state index is 12.7. The second-order valence-corrected chi connectivity index (χ2v) is 6.29. The zero-order valence-corrected chi connectivity index (χ0v) is 12.4. The molecule has 0 aromatic carbocycles. The molecule has 0 radical (unpaired) electrons. The standard InChI is InChI=1S/C13H19F3N4O/c1-12(2,3)9(21)4-5-19-6-7-20-10(8-19)17-18-11(20)13(14,15)16/h4-8H2,1-3H3. The van der Waals surface area contributed by atoms with E-state index in [1.807, 2.05) is 25.7 Å². The molecule has 0 amide bonds. The van der Waals surface area contributed by atoms with Gasteiger partial charge in [0.05, 0.1) is 6.54 Å². The van der Waals surface area contributed by atoms with Gasteiger partial charge in [0.15, 0.2) is 0 Å². The summed E-state index contributed by atoms with van der Waals surface area (Å²) in [5.74, 6) is -0.495. The van der Waals surface area contributed by atoms with Crippen LogP contribution in [0.1, 0.15) is 38.8 Å². The highest BCUT2D eigenvalue weighted by molar-refractivity contribution is 5.83. The Labute approximate surface area is 121 Å². The molecule has 0 fully saturated rings. The van der Waals surface area contributed by atoms with E-state index in [1.54, 1.807) is 0 Å². The summed E-state index contributed by atoms with van der Waals surface area (Å²) in [6.45, 7) is 7.06. The maximum absolute atomic E-state index is 12.7. The van der Waals surface area contributed by atoms with Gasteiger partial charge in [-0.15, -0.1) is 10.2 Å². The van der Waals surface area contributed by atoms with Crippen LogP contribution in [0, 0.1) is 5.41 Å². The van der Waals surface area contributed by atoms with Crippen molar-refractivity contribution < 1.29 is 18.0 Å². The Morgan fingerprint density at radius 3 is 2.43 bits per heavy atom. The first-order valence-electron chi connectivity index (χ1n) is 6.84. The Bertz CT molecular complexity index is 530. The lowest BCUT2D eigenvalue weighted by Crippen LogP contribution is -2.37. The van der Waals surface area contributed by atoms with Gasteiger partial charge in [0.1, 0.15) is 11.6 Å². The fourth-order valence-corrected chi connectivity index (χ4v) is 2.24. The van der Waals surface area contributed by atoms with Gasteiger partial charge >= 0.3 is 6.18 Å². The van der Waals surface area contributed by atoms with E-state index in [4.69, 9.17) is 0 Å². The number of nitrogens with zero attached hydrogens (tertiary/aromatic N) is 4. The summed E-state index contributed by atoms with van der Waals surface area (Å²) in [6.07, 6.45) is -4.08. The van der Waals surface area contributed by atoms with Crippen molar-refractivity contribution in [3.05, 3.63) is 11.6 Å². The number of Topliss-reactive ketones (excluding diaryl/α,β-unsaturated/α-hetero) is 1. The highest BCUT2D eigenvalue weighted by Crippen LogP contribution is 2.29. The van der Waals surface area contributed by atoms with E-state index in [2.05, 4.69) is 10.2 Å². The summed E-state index contributed by atoms with van der Waals surface area (Å²) in [7, 11) is 0. The molecular formula is C13H19F3N4O. The zero-order valence-electron chi connectivity index (χ0n) is 12.4. The molecule has 1 aliphatic heterocycles. The minimum Gasteiger partial charge on any atom is -0.305 e. The van der Waals surface area contributed by atoms with Crippen molar-refractivity contribution >= 4 is 5.78 Å². The molecule has 0 atom stereocenters. The zero-order chi connectivity index (χ0) is 15.8. The van der Waals surface area contributed by atoms with Crippen LogP contribution in [0.15, 0.2) is 0 Å². The molecule has 5 nitrogen and oxygen atoms in total. The molecule has 0 saturated carbocycles. The van der Waals surface area contributed by atoms with E-state index in [0.717, 1.165) is 4.57 Å². The van der Waals surface area contributed by atoms with Crippen molar-refractivity contribution in [2.24, 2.45) is 5.41 Å². The minimum absolute atomic E-state index is 0.144. The lowest BCUT2D eigenvalue weighted by Gasteiger charge is -2.28. The van der Waals surface area contributed by atoms with Gasteiger partial charge in [0.2, 0.25) is 5.82 Å². The summed E-state index contributed by atoms with van der Waals surface area (Å²) >= 11 is 0. The van der Waals surface area contributed by atoms with Gasteiger partial charge in [-0.1, -0.05) is 20.8 Å². The number of ketones is 1. The summed E-state index contributed by atoms with van der Waals surface area (Å²) in [4.78, 5) is 13.8. The van der Waals surface area contributed by atoms with Crippen LogP contribution < -0.4 is 0 Å². The topological polar surface area (TPSA) is 51.0 Å². The largest absolute Gasteiger partial charge is 0.451 e. The minimum atomic E-state index is -4.48. The molecule has 1 aromatic rings. The number of carbonyl (C=O) groups excluding carboxylic acids is 1. The normalized spacial score (nSPS) is 16.9. The fourth-order valence-electron chi connectivity index (χ4n) is 2.24. The van der Waals surface area contributed by atoms with Crippen LogP contribution in [0.25, 0.3) is 0 Å². The van der Waals surface area contributed by atoms with Gasteiger partial charge in [0.25, 0.3) is 0 Å². The Kier molecular flexibility index (Phi) is 4.10. The lowest BCUT2D eigenvalue weighted by molar-refractivity contribution is -0.148. The van der Waals surface area contributed by atoms with E-state index in [0.29, 0.717) is 31.9 Å². The molecule has 2 heterocycles. The predicted octanol–water partition coefficient (Wildman–Crippen LogP) is 2.12. The first kappa shape index (κ1) is 15.9. The van der Waals surface area contributed by atoms with Crippen molar-refractivity contribution in [1.82, 2.24) is 19.7 Å². The van der Waals surface area contributed by atoms with Gasteiger partial charge in [-0.25, -0.2) is 0 Å². The number of alkyl halides is 3. The summed E-state index contributed by atoms with van der Waals surface area (Å²) < 4.78 is 39.2. The number of carbonyl (C=O) groups is 1. The smallest absolute Gasteiger partial charge is 0.305 e. The summed E-state index contributed by atoms with van der Waals surface area (Å²) in [5, 5.41) is 6.85. The highest BCUT2D eigenvalue weighted by Gasteiger charge is 2.39. The maximum Gasteiger partial charge on any atom is 0.451 e. The third-order valence-electron chi connectivity index (χ3n) is 3.58. The Hall–Kier alpha value is -1.44. The molecule has 1 aromatic heterocycles. The van der Waals surface area contributed by atoms with Crippen LogP contribution in [0.4, 0.5) is 13.2 Å². The monoisotopic (exact) mass is 304 g/mol. The van der Waals surface area contributed by atoms with Gasteiger partial charge in [-0.05, 0) is 0 Å². The molecule has 2 rings (SSSR count). The first-order chi connectivity index (χ1) is 9.59. The first-order valence-corrected chi connectivity index (χ1v) is 6.84. The Morgan fingerprint density at radius 2 is 1.86 bits per heavy atom. The van der Waals surface area contributed by atoms with Crippen LogP contribution in [0.5, 0.6) is 0 Å². The van der Waals surface area contributed by atoms with Crippen LogP contribution in [-0.4, -0.2) is 38.5 Å². The quantitative estimate of drug-likeness (QED) is 0.858. The predicted molar refractivity (Wildman–Crippen MR) is 69.4 cm³/mol. The Balaban J connectivity index is 1.98. The highest BCUT2D eigenvalue weighted by atomic mass is 19.4. The number of rotatable bonds is 3. The average Bonchev–Trinajstić information content (AvgIpc) is 2.77. The second-order valence-electron chi connectivity index (χ2n) is 6.29. The third kappa shape index (κ3) is 3.61. The van der Waals surface area contributed by atoms with Gasteiger partial charge < -0.3 is 4.57 Å². The molecule has 1 aliphatic rings. The third-order valence-corrected chi connectivity index (χ3v) is 3.58. The van der Waals surface area contributed by atoms with Crippen molar-refractivity contribution in [2.45, 2.75) is 46.5 Å². The molecule has 0 aliphatic carbocycles. The fraction of sp³-hybridized carbons (Fsp3) is 0.769. The van der Waals surface area contributed by atoms with E-state index in [1.165, 1.54) is 0 Å². The van der Waals surface area contributed by atoms with Crippen molar-refractivity contribution in [1.29, 1.82) is 0 Å². The molecule has 0 saturated heterocycles. The molecule has 8 heteroatoms. The van der Waals surface area contributed by atoms with Crippen LogP contribution >= 0.6 is 0 Å². The van der Waals surface area contributed by atoms with Gasteiger partial charge in [-0.3, -0.25) is 9.69 Å². The van der Waals surface area contributed by atoms with Crippen LogP contribution in [0.3, 0.4) is 0 Å². The summed E-state index contributed by atoms with van der Waals surface area (Å²) in [6, 6.07) is 0. The average molecular weight is 304 g/mol. The van der Waals surface area contributed by atoms with Gasteiger partial charge in [-0.2, -0.15) is 13.2 Å². The van der Waals surface area contributed by atoms with Crippen molar-refractivity contribution in [2.75, 3.05) is 13.1 Å². The number of halogens is 3. The molecule has 0 spiro atoms. The molecular weight excluding hydrogens is 285 g/mol. The number of fused-ring (bicyclic) bond motifs is 1. The lowest BCUT2D eigenvalue weighted by atomic mass is 9.89. The second kappa shape index (κ2) is 5.40. The number of hydrogen-bond acceptors (Lipinski definition) is 4. The van der Waals surface area contributed by atoms with Gasteiger partial charge in [0, 0.05) is 31.5 Å². The molecule has 21 heavy (non-hydrogen) atoms. The van der Waals surface area contributed by atoms with E-state index in [9.17, 15) is 18.0 Å². The van der Waals surface area contributed by atoms with E-state index < -0.39 is 12.0 Å². The molecule has 0 unspecified atom stereocenters. The van der Waals surface area contributed by atoms with Crippen molar-refractivity contribution in [3.63, 3.8) is 0 Å².